The van der Waals surface area contributed by atoms with Crippen molar-refractivity contribution in [1.29, 1.82) is 0 Å². The zero-order chi connectivity index (χ0) is 12.6. The molecule has 4 N–H and O–H groups in total. The molecule has 0 aromatic rings. The molecule has 0 aliphatic carbocycles. The van der Waals surface area contributed by atoms with Crippen LogP contribution in [0, 0.1) is 5.92 Å². The Hall–Kier alpha value is -1.10. The predicted molar refractivity (Wildman–Crippen MR) is 61.9 cm³/mol. The Labute approximate surface area is 96.4 Å². The van der Waals surface area contributed by atoms with E-state index >= 15 is 0 Å². The van der Waals surface area contributed by atoms with Crippen LogP contribution in [0.1, 0.15) is 39.5 Å². The number of aliphatic carboxylic acids is 1. The van der Waals surface area contributed by atoms with Gasteiger partial charge in [-0.3, -0.25) is 9.59 Å². The summed E-state index contributed by atoms with van der Waals surface area (Å²) in [5, 5.41) is 11.5. The second-order valence-corrected chi connectivity index (χ2v) is 4.07. The Morgan fingerprint density at radius 1 is 1.38 bits per heavy atom. The molecule has 5 nitrogen and oxygen atoms in total. The molecule has 0 radical (unpaired) electrons. The number of carbonyl (C=O) groups excluding carboxylic acids is 1. The Bertz CT molecular complexity index is 231. The molecule has 0 spiro atoms. The summed E-state index contributed by atoms with van der Waals surface area (Å²) >= 11 is 0. The molecule has 5 heteroatoms. The fourth-order valence-corrected chi connectivity index (χ4v) is 1.51. The van der Waals surface area contributed by atoms with E-state index in [1.54, 1.807) is 6.92 Å². The van der Waals surface area contributed by atoms with Gasteiger partial charge in [-0.1, -0.05) is 20.3 Å². The first-order chi connectivity index (χ1) is 7.51. The monoisotopic (exact) mass is 230 g/mol. The third kappa shape index (κ3) is 6.40. The van der Waals surface area contributed by atoms with E-state index in [0.29, 0.717) is 19.4 Å². The van der Waals surface area contributed by atoms with Crippen LogP contribution in [0.3, 0.4) is 0 Å². The first-order valence-corrected chi connectivity index (χ1v) is 5.73. The highest BCUT2D eigenvalue weighted by atomic mass is 16.4. The molecule has 2 atom stereocenters. The quantitative estimate of drug-likeness (QED) is 0.573. The van der Waals surface area contributed by atoms with Gasteiger partial charge >= 0.3 is 5.97 Å². The van der Waals surface area contributed by atoms with Crippen molar-refractivity contribution in [2.75, 3.05) is 6.54 Å². The standard InChI is InChI=1S/C11H22N2O3/c1-3-4-9(7-10(14)15)13-11(16)8(2)5-6-12/h8-9H,3-7,12H2,1-2H3,(H,13,16)(H,14,15). The number of nitrogens with one attached hydrogen (secondary N) is 1. The van der Waals surface area contributed by atoms with Crippen molar-refractivity contribution in [2.24, 2.45) is 11.7 Å². The van der Waals surface area contributed by atoms with Crippen molar-refractivity contribution in [1.82, 2.24) is 5.32 Å². The highest BCUT2D eigenvalue weighted by Gasteiger charge is 2.18. The number of amides is 1. The van der Waals surface area contributed by atoms with Crippen LogP contribution in [0.5, 0.6) is 0 Å². The van der Waals surface area contributed by atoms with Crippen molar-refractivity contribution >= 4 is 11.9 Å². The maximum absolute atomic E-state index is 11.6. The van der Waals surface area contributed by atoms with Gasteiger partial charge in [-0.05, 0) is 19.4 Å². The summed E-state index contributed by atoms with van der Waals surface area (Å²) in [7, 11) is 0. The third-order valence-corrected chi connectivity index (χ3v) is 2.45. The smallest absolute Gasteiger partial charge is 0.305 e. The maximum Gasteiger partial charge on any atom is 0.305 e. The SMILES string of the molecule is CCCC(CC(=O)O)NC(=O)C(C)CCN. The van der Waals surface area contributed by atoms with Crippen molar-refractivity contribution in [3.63, 3.8) is 0 Å². The first-order valence-electron chi connectivity index (χ1n) is 5.73. The molecule has 0 bridgehead atoms. The molecule has 2 unspecified atom stereocenters. The number of carbonyl (C=O) groups is 2. The first kappa shape index (κ1) is 14.9. The Balaban J connectivity index is 4.16. The molecule has 0 saturated heterocycles. The van der Waals surface area contributed by atoms with Crippen molar-refractivity contribution < 1.29 is 14.7 Å². The summed E-state index contributed by atoms with van der Waals surface area (Å²) in [4.78, 5) is 22.2. The van der Waals surface area contributed by atoms with Crippen LogP contribution in [0.25, 0.3) is 0 Å². The molecular weight excluding hydrogens is 208 g/mol. The van der Waals surface area contributed by atoms with E-state index in [4.69, 9.17) is 10.8 Å². The van der Waals surface area contributed by atoms with E-state index in [1.165, 1.54) is 0 Å². The Morgan fingerprint density at radius 2 is 2.00 bits per heavy atom. The molecular formula is C11H22N2O3. The normalized spacial score (nSPS) is 14.2. The lowest BCUT2D eigenvalue weighted by molar-refractivity contribution is -0.137. The summed E-state index contributed by atoms with van der Waals surface area (Å²) in [6.45, 7) is 4.22. The largest absolute Gasteiger partial charge is 0.481 e. The molecule has 0 saturated carbocycles. The molecule has 16 heavy (non-hydrogen) atoms. The number of rotatable bonds is 8. The number of nitrogens with two attached hydrogens (primary N) is 1. The molecule has 0 fully saturated rings. The zero-order valence-corrected chi connectivity index (χ0v) is 10.0. The van der Waals surface area contributed by atoms with Crippen molar-refractivity contribution in [2.45, 2.75) is 45.6 Å². The van der Waals surface area contributed by atoms with Gasteiger partial charge in [-0.25, -0.2) is 0 Å². The average molecular weight is 230 g/mol. The topological polar surface area (TPSA) is 92.4 Å². The van der Waals surface area contributed by atoms with E-state index in [2.05, 4.69) is 5.32 Å². The van der Waals surface area contributed by atoms with E-state index in [1.807, 2.05) is 6.92 Å². The van der Waals surface area contributed by atoms with Crippen LogP contribution in [0.4, 0.5) is 0 Å². The van der Waals surface area contributed by atoms with Gasteiger partial charge in [0.05, 0.1) is 6.42 Å². The van der Waals surface area contributed by atoms with Crippen LogP contribution in [0.15, 0.2) is 0 Å². The van der Waals surface area contributed by atoms with Gasteiger partial charge in [0.1, 0.15) is 0 Å². The highest BCUT2D eigenvalue weighted by Crippen LogP contribution is 2.06. The molecule has 0 aromatic heterocycles. The van der Waals surface area contributed by atoms with Crippen LogP contribution < -0.4 is 11.1 Å². The van der Waals surface area contributed by atoms with E-state index in [-0.39, 0.29) is 24.3 Å². The molecule has 0 aliphatic heterocycles. The third-order valence-electron chi connectivity index (χ3n) is 2.45. The van der Waals surface area contributed by atoms with Crippen LogP contribution in [-0.2, 0) is 9.59 Å². The lowest BCUT2D eigenvalue weighted by atomic mass is 10.0. The molecule has 0 aromatic carbocycles. The Kier molecular flexibility index (Phi) is 7.54. The summed E-state index contributed by atoms with van der Waals surface area (Å²) < 4.78 is 0. The number of carboxylic acids is 1. The average Bonchev–Trinajstić information content (AvgIpc) is 2.17. The minimum Gasteiger partial charge on any atom is -0.481 e. The van der Waals surface area contributed by atoms with Gasteiger partial charge in [0.15, 0.2) is 0 Å². The number of carboxylic acid groups (broad SMARTS) is 1. The molecule has 94 valence electrons. The van der Waals surface area contributed by atoms with E-state index < -0.39 is 5.97 Å². The Morgan fingerprint density at radius 3 is 2.44 bits per heavy atom. The van der Waals surface area contributed by atoms with E-state index in [0.717, 1.165) is 6.42 Å². The fraction of sp³-hybridized carbons (Fsp3) is 0.818. The van der Waals surface area contributed by atoms with Gasteiger partial charge in [0.2, 0.25) is 5.91 Å². The fourth-order valence-electron chi connectivity index (χ4n) is 1.51. The zero-order valence-electron chi connectivity index (χ0n) is 10.0. The minimum atomic E-state index is -0.884. The van der Waals surface area contributed by atoms with Crippen molar-refractivity contribution in [3.8, 4) is 0 Å². The summed E-state index contributed by atoms with van der Waals surface area (Å²) in [6.07, 6.45) is 2.14. The summed E-state index contributed by atoms with van der Waals surface area (Å²) in [5.74, 6) is -1.14. The van der Waals surface area contributed by atoms with Crippen molar-refractivity contribution in [3.05, 3.63) is 0 Å². The van der Waals surface area contributed by atoms with Gasteiger partial charge in [-0.15, -0.1) is 0 Å². The van der Waals surface area contributed by atoms with Gasteiger partial charge in [0, 0.05) is 12.0 Å². The van der Waals surface area contributed by atoms with Crippen LogP contribution in [-0.4, -0.2) is 29.6 Å². The second-order valence-electron chi connectivity index (χ2n) is 4.07. The molecule has 0 rings (SSSR count). The van der Waals surface area contributed by atoms with Crippen LogP contribution in [0.2, 0.25) is 0 Å². The lowest BCUT2D eigenvalue weighted by Gasteiger charge is -2.18. The van der Waals surface area contributed by atoms with E-state index in [9.17, 15) is 9.59 Å². The molecule has 1 amide bonds. The predicted octanol–water partition coefficient (Wildman–Crippen LogP) is 0.731. The van der Waals surface area contributed by atoms with Gasteiger partial charge in [-0.2, -0.15) is 0 Å². The molecule has 0 aliphatic rings. The summed E-state index contributed by atoms with van der Waals surface area (Å²) in [5.41, 5.74) is 5.36. The van der Waals surface area contributed by atoms with Gasteiger partial charge in [0.25, 0.3) is 0 Å². The van der Waals surface area contributed by atoms with Gasteiger partial charge < -0.3 is 16.2 Å². The molecule has 0 heterocycles. The summed E-state index contributed by atoms with van der Waals surface area (Å²) in [6, 6.07) is -0.268. The highest BCUT2D eigenvalue weighted by molar-refractivity contribution is 5.79. The second kappa shape index (κ2) is 8.10. The lowest BCUT2D eigenvalue weighted by Crippen LogP contribution is -2.39. The number of hydrogen-bond donors (Lipinski definition) is 3. The maximum atomic E-state index is 11.6. The number of hydrogen-bond acceptors (Lipinski definition) is 3. The minimum absolute atomic E-state index is 0.0189. The van der Waals surface area contributed by atoms with Crippen LogP contribution >= 0.6 is 0 Å².